The van der Waals surface area contributed by atoms with Crippen LogP contribution in [0.4, 0.5) is 0 Å². The third-order valence-corrected chi connectivity index (χ3v) is 7.10. The third-order valence-electron chi connectivity index (χ3n) is 7.10. The smallest absolute Gasteiger partial charge is 0.277 e. The Balaban J connectivity index is 1.63. The Morgan fingerprint density at radius 1 is 0.757 bits per heavy atom. The molecule has 2 aliphatic rings. The molecule has 2 aromatic heterocycles. The second-order valence-corrected chi connectivity index (χ2v) is 10.1. The molecule has 0 fully saturated rings. The Kier molecular flexibility index (Phi) is 4.98. The lowest BCUT2D eigenvalue weighted by Gasteiger charge is -2.18. The lowest BCUT2D eigenvalue weighted by atomic mass is 9.90. The number of ketones is 4. The van der Waals surface area contributed by atoms with Crippen LogP contribution < -0.4 is 4.57 Å². The highest BCUT2D eigenvalue weighted by atomic mass is 16.2. The molecular formula is C29H25N4O4+. The summed E-state index contributed by atoms with van der Waals surface area (Å²) >= 11 is 0. The number of benzene rings is 2. The fraction of sp³-hybridized carbons (Fsp3) is 0.241. The maximum Gasteiger partial charge on any atom is 0.277 e. The topological polar surface area (TPSA) is 106 Å². The Labute approximate surface area is 213 Å². The SMILES string of the molecule is CC(C)c1nc2c(n1C[n+]1c(C(C)C)[nH]c3c1-c1ccccc1C(=O)C3=O)C(=O)C(=O)c1ccccc1-2. The van der Waals surface area contributed by atoms with Crippen LogP contribution >= 0.6 is 0 Å². The van der Waals surface area contributed by atoms with Gasteiger partial charge in [-0.25, -0.2) is 14.5 Å². The van der Waals surface area contributed by atoms with Gasteiger partial charge in [-0.05, 0) is 6.07 Å². The van der Waals surface area contributed by atoms with Crippen LogP contribution in [0.1, 0.15) is 92.9 Å². The maximum atomic E-state index is 13.4. The van der Waals surface area contributed by atoms with Crippen molar-refractivity contribution in [2.45, 2.75) is 46.2 Å². The molecule has 0 spiro atoms. The first kappa shape index (κ1) is 23.0. The number of nitrogens with zero attached hydrogens (tertiary/aromatic N) is 3. The van der Waals surface area contributed by atoms with Crippen LogP contribution in [0.25, 0.3) is 22.5 Å². The third kappa shape index (κ3) is 3.15. The molecule has 0 atom stereocenters. The van der Waals surface area contributed by atoms with Gasteiger partial charge in [0.05, 0.1) is 5.92 Å². The van der Waals surface area contributed by atoms with Crippen molar-refractivity contribution in [3.8, 4) is 22.5 Å². The summed E-state index contributed by atoms with van der Waals surface area (Å²) < 4.78 is 3.73. The van der Waals surface area contributed by atoms with Crippen molar-refractivity contribution in [3.63, 3.8) is 0 Å². The molecule has 8 nitrogen and oxygen atoms in total. The molecule has 0 saturated carbocycles. The molecule has 8 heteroatoms. The van der Waals surface area contributed by atoms with Crippen LogP contribution in [0.5, 0.6) is 0 Å². The first-order chi connectivity index (χ1) is 17.7. The van der Waals surface area contributed by atoms with E-state index in [0.717, 1.165) is 5.82 Å². The van der Waals surface area contributed by atoms with Crippen molar-refractivity contribution in [2.24, 2.45) is 0 Å². The zero-order chi connectivity index (χ0) is 26.2. The largest absolute Gasteiger partial charge is 0.286 e. The molecule has 184 valence electrons. The highest BCUT2D eigenvalue weighted by Crippen LogP contribution is 2.36. The molecule has 0 unspecified atom stereocenters. The highest BCUT2D eigenvalue weighted by Gasteiger charge is 2.42. The average Bonchev–Trinajstić information content (AvgIpc) is 3.46. The van der Waals surface area contributed by atoms with Crippen LogP contribution in [-0.2, 0) is 6.67 Å². The zero-order valence-electron chi connectivity index (χ0n) is 21.0. The first-order valence-electron chi connectivity index (χ1n) is 12.3. The van der Waals surface area contributed by atoms with Gasteiger partial charge < -0.3 is 0 Å². The molecule has 1 N–H and O–H groups in total. The molecule has 0 amide bonds. The molecule has 0 bridgehead atoms. The van der Waals surface area contributed by atoms with Gasteiger partial charge >= 0.3 is 0 Å². The molecule has 37 heavy (non-hydrogen) atoms. The Bertz CT molecular complexity index is 1690. The molecule has 0 radical (unpaired) electrons. The minimum absolute atomic E-state index is 0.0272. The number of imidazole rings is 2. The molecule has 4 aromatic rings. The van der Waals surface area contributed by atoms with Crippen LogP contribution in [0, 0.1) is 0 Å². The van der Waals surface area contributed by atoms with Crippen LogP contribution in [0.2, 0.25) is 0 Å². The van der Waals surface area contributed by atoms with Crippen molar-refractivity contribution < 1.29 is 23.7 Å². The number of aromatic nitrogens is 4. The minimum atomic E-state index is -0.601. The predicted molar refractivity (Wildman–Crippen MR) is 135 cm³/mol. The van der Waals surface area contributed by atoms with E-state index >= 15 is 0 Å². The lowest BCUT2D eigenvalue weighted by Crippen LogP contribution is -2.45. The van der Waals surface area contributed by atoms with E-state index in [1.54, 1.807) is 28.8 Å². The van der Waals surface area contributed by atoms with Crippen molar-refractivity contribution >= 4 is 23.1 Å². The van der Waals surface area contributed by atoms with Gasteiger partial charge in [-0.2, -0.15) is 0 Å². The summed E-state index contributed by atoms with van der Waals surface area (Å²) in [5.41, 5.74) is 3.56. The van der Waals surface area contributed by atoms with Gasteiger partial charge in [0.1, 0.15) is 17.2 Å². The lowest BCUT2D eigenvalue weighted by molar-refractivity contribution is -0.698. The predicted octanol–water partition coefficient (Wildman–Crippen LogP) is 4.34. The van der Waals surface area contributed by atoms with E-state index in [2.05, 4.69) is 4.98 Å². The summed E-state index contributed by atoms with van der Waals surface area (Å²) in [5.74, 6) is -0.985. The number of Topliss-reactive ketones (excluding diaryl/α,β-unsaturated/α-hetero) is 4. The van der Waals surface area contributed by atoms with Crippen molar-refractivity contribution in [1.82, 2.24) is 14.5 Å². The van der Waals surface area contributed by atoms with E-state index in [1.165, 1.54) is 0 Å². The monoisotopic (exact) mass is 493 g/mol. The summed E-state index contributed by atoms with van der Waals surface area (Å²) in [7, 11) is 0. The fourth-order valence-corrected chi connectivity index (χ4v) is 5.41. The van der Waals surface area contributed by atoms with Gasteiger partial charge in [0.2, 0.25) is 17.3 Å². The number of hydrogen-bond acceptors (Lipinski definition) is 5. The number of rotatable bonds is 4. The molecule has 2 heterocycles. The second kappa shape index (κ2) is 8.03. The van der Waals surface area contributed by atoms with Crippen molar-refractivity contribution in [2.75, 3.05) is 0 Å². The van der Waals surface area contributed by atoms with E-state index in [-0.39, 0.29) is 29.9 Å². The van der Waals surface area contributed by atoms with E-state index < -0.39 is 23.1 Å². The Hall–Kier alpha value is -4.46. The van der Waals surface area contributed by atoms with Crippen molar-refractivity contribution in [1.29, 1.82) is 0 Å². The standard InChI is InChI=1S/C29H24N4O4/c1-14(2)28-30-20-16-9-5-7-11-18(16)25(35)27(37)23(20)33(28)13-32-22-17-10-6-8-12-19(17)24(34)26(36)21(22)31-29(32)15(3)4/h5-12,14-15H,13H2,1-4H3/p+1. The second-order valence-electron chi connectivity index (χ2n) is 10.1. The summed E-state index contributed by atoms with van der Waals surface area (Å²) in [6.45, 7) is 8.10. The highest BCUT2D eigenvalue weighted by molar-refractivity contribution is 6.53. The molecule has 2 aromatic carbocycles. The number of aromatic amines is 1. The minimum Gasteiger partial charge on any atom is -0.286 e. The number of nitrogens with one attached hydrogen (secondary N) is 1. The number of hydrogen-bond donors (Lipinski definition) is 1. The maximum absolute atomic E-state index is 13.4. The summed E-state index contributed by atoms with van der Waals surface area (Å²) in [5, 5.41) is 0. The van der Waals surface area contributed by atoms with Crippen LogP contribution in [-0.4, -0.2) is 37.7 Å². The van der Waals surface area contributed by atoms with Gasteiger partial charge in [0, 0.05) is 28.2 Å². The Morgan fingerprint density at radius 3 is 1.95 bits per heavy atom. The Morgan fingerprint density at radius 2 is 1.32 bits per heavy atom. The number of H-pyrrole nitrogens is 1. The zero-order valence-corrected chi connectivity index (χ0v) is 21.0. The first-order valence-corrected chi connectivity index (χ1v) is 12.3. The van der Waals surface area contributed by atoms with Crippen LogP contribution in [0.3, 0.4) is 0 Å². The summed E-state index contributed by atoms with van der Waals surface area (Å²) in [6.07, 6.45) is 0. The molecule has 0 saturated heterocycles. The van der Waals surface area contributed by atoms with Gasteiger partial charge in [-0.1, -0.05) is 70.2 Å². The quantitative estimate of drug-likeness (QED) is 0.336. The molecule has 2 aliphatic carbocycles. The number of carbonyl (C=O) groups is 4. The molecule has 6 rings (SSSR count). The van der Waals surface area contributed by atoms with Gasteiger partial charge in [0.25, 0.3) is 17.4 Å². The molecular weight excluding hydrogens is 468 g/mol. The van der Waals surface area contributed by atoms with E-state index in [9.17, 15) is 19.2 Å². The normalized spacial score (nSPS) is 14.2. The van der Waals surface area contributed by atoms with E-state index in [4.69, 9.17) is 4.98 Å². The van der Waals surface area contributed by atoms with Gasteiger partial charge in [-0.15, -0.1) is 0 Å². The van der Waals surface area contributed by atoms with Crippen molar-refractivity contribution in [3.05, 3.63) is 82.7 Å². The average molecular weight is 494 g/mol. The van der Waals surface area contributed by atoms with E-state index in [0.29, 0.717) is 39.5 Å². The summed E-state index contributed by atoms with van der Waals surface area (Å²) in [6, 6.07) is 14.1. The molecule has 0 aliphatic heterocycles. The van der Waals surface area contributed by atoms with E-state index in [1.807, 2.05) is 56.5 Å². The summed E-state index contributed by atoms with van der Waals surface area (Å²) in [4.78, 5) is 60.5. The van der Waals surface area contributed by atoms with Gasteiger partial charge in [-0.3, -0.25) is 23.7 Å². The van der Waals surface area contributed by atoms with Crippen LogP contribution in [0.15, 0.2) is 48.5 Å². The van der Waals surface area contributed by atoms with Gasteiger partial charge in [0.15, 0.2) is 12.4 Å². The number of carbonyl (C=O) groups excluding carboxylic acids is 4. The fourth-order valence-electron chi connectivity index (χ4n) is 5.41. The number of fused-ring (bicyclic) bond motifs is 6.